The molecule has 0 atom stereocenters. The Kier molecular flexibility index (Phi) is 6.37. The molecule has 1 aliphatic rings. The largest absolute Gasteiger partial charge is 0.489 e. The number of thiocarbonyl (C=S) groups is 1. The van der Waals surface area contributed by atoms with E-state index in [9.17, 15) is 4.79 Å². The Labute approximate surface area is 173 Å². The fourth-order valence-corrected chi connectivity index (χ4v) is 3.23. The van der Waals surface area contributed by atoms with Crippen molar-refractivity contribution in [3.8, 4) is 5.75 Å². The van der Waals surface area contributed by atoms with Gasteiger partial charge in [-0.2, -0.15) is 0 Å². The van der Waals surface area contributed by atoms with Crippen molar-refractivity contribution in [1.29, 1.82) is 0 Å². The zero-order valence-corrected chi connectivity index (χ0v) is 17.0. The van der Waals surface area contributed by atoms with E-state index in [4.69, 9.17) is 40.2 Å². The molecule has 7 heteroatoms. The molecule has 4 nitrogen and oxygen atoms in total. The number of halogens is 2. The second kappa shape index (κ2) is 8.74. The van der Waals surface area contributed by atoms with E-state index in [1.165, 1.54) is 0 Å². The van der Waals surface area contributed by atoms with Gasteiger partial charge >= 0.3 is 0 Å². The van der Waals surface area contributed by atoms with Gasteiger partial charge < -0.3 is 10.1 Å². The van der Waals surface area contributed by atoms with Gasteiger partial charge in [-0.1, -0.05) is 48.3 Å². The van der Waals surface area contributed by atoms with E-state index < -0.39 is 0 Å². The summed E-state index contributed by atoms with van der Waals surface area (Å²) in [6, 6.07) is 12.9. The number of carbonyl (C=O) groups excluding carboxylic acids is 1. The van der Waals surface area contributed by atoms with Crippen LogP contribution >= 0.6 is 35.4 Å². The molecule has 0 radical (unpaired) electrons. The van der Waals surface area contributed by atoms with Gasteiger partial charge in [0.2, 0.25) is 0 Å². The van der Waals surface area contributed by atoms with Crippen LogP contribution in [-0.2, 0) is 11.4 Å². The summed E-state index contributed by atoms with van der Waals surface area (Å²) in [5, 5.41) is 4.45. The lowest BCUT2D eigenvalue weighted by Gasteiger charge is -2.11. The van der Waals surface area contributed by atoms with Crippen molar-refractivity contribution in [1.82, 2.24) is 10.2 Å². The Hall–Kier alpha value is -2.08. The first kappa shape index (κ1) is 19.7. The fraction of sp³-hybridized carbons (Fsp3) is 0.200. The van der Waals surface area contributed by atoms with Gasteiger partial charge in [-0.25, -0.2) is 0 Å². The summed E-state index contributed by atoms with van der Waals surface area (Å²) < 4.78 is 5.77. The van der Waals surface area contributed by atoms with Crippen LogP contribution in [0.15, 0.2) is 48.2 Å². The SMILES string of the molecule is CCCN1C(=O)/C(=C\c2ccc(OCc3ccc(Cl)c(Cl)c3)cc2)NC1=S. The first-order valence-corrected chi connectivity index (χ1v) is 9.65. The van der Waals surface area contributed by atoms with Crippen LogP contribution in [0.3, 0.4) is 0 Å². The molecule has 1 amide bonds. The van der Waals surface area contributed by atoms with Gasteiger partial charge in [0.25, 0.3) is 5.91 Å². The molecule has 3 rings (SSSR count). The molecule has 0 aliphatic carbocycles. The van der Waals surface area contributed by atoms with Crippen molar-refractivity contribution in [2.45, 2.75) is 20.0 Å². The number of ether oxygens (including phenoxy) is 1. The quantitative estimate of drug-likeness (QED) is 0.524. The van der Waals surface area contributed by atoms with Crippen LogP contribution in [-0.4, -0.2) is 22.5 Å². The Bertz CT molecular complexity index is 897. The van der Waals surface area contributed by atoms with Gasteiger partial charge in [0.15, 0.2) is 5.11 Å². The Balaban J connectivity index is 1.64. The van der Waals surface area contributed by atoms with E-state index in [1.54, 1.807) is 23.1 Å². The molecule has 2 aromatic rings. The number of hydrogen-bond acceptors (Lipinski definition) is 3. The Morgan fingerprint density at radius 3 is 2.56 bits per heavy atom. The summed E-state index contributed by atoms with van der Waals surface area (Å²) in [6.45, 7) is 3.01. The monoisotopic (exact) mass is 420 g/mol. The molecule has 27 heavy (non-hydrogen) atoms. The van der Waals surface area contributed by atoms with Gasteiger partial charge in [0.05, 0.1) is 10.0 Å². The number of benzene rings is 2. The summed E-state index contributed by atoms with van der Waals surface area (Å²) in [4.78, 5) is 13.9. The molecular formula is C20H18Cl2N2O2S. The molecule has 1 heterocycles. The van der Waals surface area contributed by atoms with Crippen LogP contribution in [0.4, 0.5) is 0 Å². The average molecular weight is 421 g/mol. The molecule has 1 N–H and O–H groups in total. The zero-order chi connectivity index (χ0) is 19.4. The molecule has 0 bridgehead atoms. The van der Waals surface area contributed by atoms with E-state index in [2.05, 4.69) is 5.32 Å². The number of carbonyl (C=O) groups is 1. The minimum Gasteiger partial charge on any atom is -0.489 e. The molecule has 2 aromatic carbocycles. The topological polar surface area (TPSA) is 41.6 Å². The summed E-state index contributed by atoms with van der Waals surface area (Å²) in [5.74, 6) is 0.624. The number of nitrogens with zero attached hydrogens (tertiary/aromatic N) is 1. The van der Waals surface area contributed by atoms with Gasteiger partial charge in [-0.15, -0.1) is 0 Å². The first-order chi connectivity index (χ1) is 13.0. The molecule has 1 fully saturated rings. The summed E-state index contributed by atoms with van der Waals surface area (Å²) in [5.41, 5.74) is 2.30. The molecule has 1 aliphatic heterocycles. The highest BCUT2D eigenvalue weighted by molar-refractivity contribution is 7.80. The third kappa shape index (κ3) is 4.80. The number of hydrogen-bond donors (Lipinski definition) is 1. The molecule has 0 unspecified atom stereocenters. The molecule has 0 spiro atoms. The van der Waals surface area contributed by atoms with Gasteiger partial charge in [-0.05, 0) is 60.1 Å². The van der Waals surface area contributed by atoms with E-state index >= 15 is 0 Å². The van der Waals surface area contributed by atoms with Crippen LogP contribution in [0.2, 0.25) is 10.0 Å². The van der Waals surface area contributed by atoms with Crippen molar-refractivity contribution in [3.05, 3.63) is 69.3 Å². The minimum atomic E-state index is -0.0956. The van der Waals surface area contributed by atoms with Crippen molar-refractivity contribution >= 4 is 52.5 Å². The Morgan fingerprint density at radius 2 is 1.89 bits per heavy atom. The molecule has 1 saturated heterocycles. The zero-order valence-electron chi connectivity index (χ0n) is 14.7. The van der Waals surface area contributed by atoms with Crippen LogP contribution in [0.25, 0.3) is 6.08 Å². The van der Waals surface area contributed by atoms with Gasteiger partial charge in [0.1, 0.15) is 18.1 Å². The molecular weight excluding hydrogens is 403 g/mol. The summed E-state index contributed by atoms with van der Waals surface area (Å²) in [7, 11) is 0. The second-order valence-electron chi connectivity index (χ2n) is 6.05. The van der Waals surface area contributed by atoms with Crippen molar-refractivity contribution < 1.29 is 9.53 Å². The third-order valence-corrected chi connectivity index (χ3v) is 5.05. The van der Waals surface area contributed by atoms with Gasteiger partial charge in [-0.3, -0.25) is 9.69 Å². The maximum absolute atomic E-state index is 12.4. The lowest BCUT2D eigenvalue weighted by molar-refractivity contribution is -0.122. The van der Waals surface area contributed by atoms with Crippen LogP contribution in [0, 0.1) is 0 Å². The highest BCUT2D eigenvalue weighted by Gasteiger charge is 2.29. The minimum absolute atomic E-state index is 0.0956. The normalized spacial score (nSPS) is 15.4. The van der Waals surface area contributed by atoms with E-state index in [0.717, 1.165) is 23.3 Å². The average Bonchev–Trinajstić information content (AvgIpc) is 2.92. The highest BCUT2D eigenvalue weighted by Crippen LogP contribution is 2.24. The lowest BCUT2D eigenvalue weighted by atomic mass is 10.2. The summed E-state index contributed by atoms with van der Waals surface area (Å²) >= 11 is 17.1. The van der Waals surface area contributed by atoms with E-state index in [0.29, 0.717) is 34.0 Å². The van der Waals surface area contributed by atoms with Crippen LogP contribution in [0.5, 0.6) is 5.75 Å². The van der Waals surface area contributed by atoms with Crippen LogP contribution in [0.1, 0.15) is 24.5 Å². The molecule has 0 aromatic heterocycles. The Morgan fingerprint density at radius 1 is 1.15 bits per heavy atom. The molecule has 140 valence electrons. The molecule has 0 saturated carbocycles. The smallest absolute Gasteiger partial charge is 0.276 e. The highest BCUT2D eigenvalue weighted by atomic mass is 35.5. The lowest BCUT2D eigenvalue weighted by Crippen LogP contribution is -2.31. The van der Waals surface area contributed by atoms with Crippen LogP contribution < -0.4 is 10.1 Å². The maximum atomic E-state index is 12.4. The van der Waals surface area contributed by atoms with Gasteiger partial charge in [0, 0.05) is 6.54 Å². The van der Waals surface area contributed by atoms with E-state index in [1.807, 2.05) is 37.3 Å². The number of rotatable bonds is 6. The van der Waals surface area contributed by atoms with E-state index in [-0.39, 0.29) is 5.91 Å². The van der Waals surface area contributed by atoms with Crippen molar-refractivity contribution in [3.63, 3.8) is 0 Å². The third-order valence-electron chi connectivity index (χ3n) is 3.99. The predicted molar refractivity (Wildman–Crippen MR) is 113 cm³/mol. The number of nitrogens with one attached hydrogen (secondary N) is 1. The fourth-order valence-electron chi connectivity index (χ4n) is 2.62. The predicted octanol–water partition coefficient (Wildman–Crippen LogP) is 5.04. The number of amides is 1. The van der Waals surface area contributed by atoms with Crippen molar-refractivity contribution in [2.75, 3.05) is 6.54 Å². The standard InChI is InChI=1S/C20H18Cl2N2O2S/c1-2-9-24-19(25)18(23-20(24)27)11-13-3-6-15(7-4-13)26-12-14-5-8-16(21)17(22)10-14/h3-8,10-11H,2,9,12H2,1H3,(H,23,27)/b18-11+. The first-order valence-electron chi connectivity index (χ1n) is 8.49. The second-order valence-corrected chi connectivity index (χ2v) is 7.25. The van der Waals surface area contributed by atoms with Crippen molar-refractivity contribution in [2.24, 2.45) is 0 Å². The maximum Gasteiger partial charge on any atom is 0.276 e. The summed E-state index contributed by atoms with van der Waals surface area (Å²) in [6.07, 6.45) is 2.64.